The van der Waals surface area contributed by atoms with Crippen LogP contribution in [0.2, 0.25) is 0 Å². The second-order valence-corrected chi connectivity index (χ2v) is 4.86. The predicted molar refractivity (Wildman–Crippen MR) is 79.9 cm³/mol. The molecule has 0 aliphatic carbocycles. The van der Waals surface area contributed by atoms with Crippen molar-refractivity contribution in [1.82, 2.24) is 0 Å². The molecule has 1 aromatic carbocycles. The van der Waals surface area contributed by atoms with E-state index in [1.165, 1.54) is 0 Å². The van der Waals surface area contributed by atoms with Crippen LogP contribution in [0.5, 0.6) is 0 Å². The third-order valence-corrected chi connectivity index (χ3v) is 3.38. The molecule has 0 heterocycles. The van der Waals surface area contributed by atoms with E-state index in [0.29, 0.717) is 19.4 Å². The maximum atomic E-state index is 10.6. The second kappa shape index (κ2) is 7.93. The molecule has 104 valence electrons. The van der Waals surface area contributed by atoms with Crippen LogP contribution in [0.15, 0.2) is 55.6 Å². The number of benzene rings is 1. The van der Waals surface area contributed by atoms with Gasteiger partial charge in [0.2, 0.25) is 0 Å². The molecular formula is C17H24O2. The molecule has 0 bridgehead atoms. The van der Waals surface area contributed by atoms with Gasteiger partial charge in [0.25, 0.3) is 0 Å². The Bertz CT molecular complexity index is 386. The Labute approximate surface area is 116 Å². The van der Waals surface area contributed by atoms with Gasteiger partial charge >= 0.3 is 0 Å². The predicted octanol–water partition coefficient (Wildman–Crippen LogP) is 3.87. The van der Waals surface area contributed by atoms with Gasteiger partial charge < -0.3 is 9.84 Å². The van der Waals surface area contributed by atoms with Gasteiger partial charge in [-0.25, -0.2) is 0 Å². The van der Waals surface area contributed by atoms with Crippen molar-refractivity contribution in [2.24, 2.45) is 0 Å². The summed E-state index contributed by atoms with van der Waals surface area (Å²) in [6, 6.07) is 9.98. The van der Waals surface area contributed by atoms with Gasteiger partial charge in [0.1, 0.15) is 0 Å². The van der Waals surface area contributed by atoms with Crippen molar-refractivity contribution in [2.45, 2.75) is 44.5 Å². The van der Waals surface area contributed by atoms with Crippen molar-refractivity contribution in [3.63, 3.8) is 0 Å². The van der Waals surface area contributed by atoms with Crippen molar-refractivity contribution in [1.29, 1.82) is 0 Å². The lowest BCUT2D eigenvalue weighted by Crippen LogP contribution is -2.41. The summed E-state index contributed by atoms with van der Waals surface area (Å²) >= 11 is 0. The molecule has 0 spiro atoms. The number of rotatable bonds is 9. The third kappa shape index (κ3) is 5.01. The number of aliphatic hydroxyl groups is 1. The van der Waals surface area contributed by atoms with Crippen molar-refractivity contribution < 1.29 is 9.84 Å². The molecule has 0 fully saturated rings. The molecule has 1 aromatic rings. The third-order valence-electron chi connectivity index (χ3n) is 3.38. The first-order valence-corrected chi connectivity index (χ1v) is 6.72. The van der Waals surface area contributed by atoms with E-state index in [1.807, 2.05) is 43.3 Å². The smallest absolute Gasteiger partial charge is 0.0942 e. The maximum Gasteiger partial charge on any atom is 0.0942 e. The molecule has 0 aliphatic heterocycles. The van der Waals surface area contributed by atoms with Gasteiger partial charge in [-0.3, -0.25) is 0 Å². The zero-order chi connectivity index (χ0) is 14.1. The first kappa shape index (κ1) is 15.7. The lowest BCUT2D eigenvalue weighted by Gasteiger charge is -2.33. The normalized spacial score (nSPS) is 15.5. The average Bonchev–Trinajstić information content (AvgIpc) is 2.44. The highest BCUT2D eigenvalue weighted by Crippen LogP contribution is 2.25. The van der Waals surface area contributed by atoms with Gasteiger partial charge in [0.15, 0.2) is 0 Å². The Morgan fingerprint density at radius 3 is 2.53 bits per heavy atom. The standard InChI is InChI=1S/C17H24O2/c1-4-6-13-17(18,12-5-2)15(3)19-14-16-10-8-7-9-11-16/h4-5,7-11,15,18H,1-2,6,12-14H2,3H3/t15-,17?/m0/s1. The van der Waals surface area contributed by atoms with E-state index in [4.69, 9.17) is 4.74 Å². The van der Waals surface area contributed by atoms with Gasteiger partial charge in [-0.2, -0.15) is 0 Å². The van der Waals surface area contributed by atoms with Crippen LogP contribution in [0.25, 0.3) is 0 Å². The van der Waals surface area contributed by atoms with E-state index in [0.717, 1.165) is 12.0 Å². The van der Waals surface area contributed by atoms with Crippen LogP contribution >= 0.6 is 0 Å². The lowest BCUT2D eigenvalue weighted by atomic mass is 9.88. The summed E-state index contributed by atoms with van der Waals surface area (Å²) in [5.74, 6) is 0. The van der Waals surface area contributed by atoms with Gasteiger partial charge in [-0.1, -0.05) is 42.5 Å². The van der Waals surface area contributed by atoms with Crippen LogP contribution in [0.1, 0.15) is 31.7 Å². The molecule has 19 heavy (non-hydrogen) atoms. The van der Waals surface area contributed by atoms with Gasteiger partial charge in [0.05, 0.1) is 18.3 Å². The molecule has 1 N–H and O–H groups in total. The molecule has 1 rings (SSSR count). The van der Waals surface area contributed by atoms with Crippen LogP contribution in [0.4, 0.5) is 0 Å². The van der Waals surface area contributed by atoms with Gasteiger partial charge in [-0.15, -0.1) is 13.2 Å². The highest BCUT2D eigenvalue weighted by molar-refractivity contribution is 5.13. The van der Waals surface area contributed by atoms with Crippen LogP contribution < -0.4 is 0 Å². The molecule has 0 amide bonds. The molecule has 0 saturated carbocycles. The molecule has 2 heteroatoms. The summed E-state index contributed by atoms with van der Waals surface area (Å²) in [5, 5.41) is 10.6. The fourth-order valence-electron chi connectivity index (χ4n) is 2.02. The molecule has 2 atom stereocenters. The highest BCUT2D eigenvalue weighted by Gasteiger charge is 2.32. The second-order valence-electron chi connectivity index (χ2n) is 4.86. The number of hydrogen-bond donors (Lipinski definition) is 1. The summed E-state index contributed by atoms with van der Waals surface area (Å²) in [4.78, 5) is 0. The Balaban J connectivity index is 2.58. The quantitative estimate of drug-likeness (QED) is 0.683. The fraction of sp³-hybridized carbons (Fsp3) is 0.412. The molecule has 0 saturated heterocycles. The molecule has 0 aliphatic rings. The summed E-state index contributed by atoms with van der Waals surface area (Å²) < 4.78 is 5.81. The minimum atomic E-state index is -0.870. The van der Waals surface area contributed by atoms with E-state index in [-0.39, 0.29) is 6.10 Å². The lowest BCUT2D eigenvalue weighted by molar-refractivity contribution is -0.108. The van der Waals surface area contributed by atoms with E-state index >= 15 is 0 Å². The highest BCUT2D eigenvalue weighted by atomic mass is 16.5. The molecular weight excluding hydrogens is 236 g/mol. The fourth-order valence-corrected chi connectivity index (χ4v) is 2.02. The number of ether oxygens (including phenoxy) is 1. The Kier molecular flexibility index (Phi) is 6.54. The van der Waals surface area contributed by atoms with E-state index < -0.39 is 5.60 Å². The Hall–Kier alpha value is -1.38. The minimum Gasteiger partial charge on any atom is -0.387 e. The van der Waals surface area contributed by atoms with Crippen LogP contribution in [-0.4, -0.2) is 16.8 Å². The zero-order valence-corrected chi connectivity index (χ0v) is 11.7. The first-order valence-electron chi connectivity index (χ1n) is 6.72. The molecule has 0 aromatic heterocycles. The minimum absolute atomic E-state index is 0.245. The summed E-state index contributed by atoms with van der Waals surface area (Å²) in [6.45, 7) is 9.83. The largest absolute Gasteiger partial charge is 0.387 e. The Morgan fingerprint density at radius 2 is 1.95 bits per heavy atom. The van der Waals surface area contributed by atoms with Crippen LogP contribution in [0, 0.1) is 0 Å². The van der Waals surface area contributed by atoms with Crippen molar-refractivity contribution in [3.8, 4) is 0 Å². The number of allylic oxidation sites excluding steroid dienone is 1. The van der Waals surface area contributed by atoms with Gasteiger partial charge in [-0.05, 0) is 31.7 Å². The SMILES string of the molecule is C=CCCC(O)(CC=C)[C@H](C)OCc1ccccc1. The van der Waals surface area contributed by atoms with Crippen molar-refractivity contribution in [2.75, 3.05) is 0 Å². The maximum absolute atomic E-state index is 10.6. The van der Waals surface area contributed by atoms with Gasteiger partial charge in [0, 0.05) is 0 Å². The van der Waals surface area contributed by atoms with Crippen molar-refractivity contribution >= 4 is 0 Å². The average molecular weight is 260 g/mol. The van der Waals surface area contributed by atoms with Crippen LogP contribution in [-0.2, 0) is 11.3 Å². The van der Waals surface area contributed by atoms with Crippen molar-refractivity contribution in [3.05, 3.63) is 61.2 Å². The molecule has 2 nitrogen and oxygen atoms in total. The molecule has 1 unspecified atom stereocenters. The zero-order valence-electron chi connectivity index (χ0n) is 11.7. The number of hydrogen-bond acceptors (Lipinski definition) is 2. The summed E-state index contributed by atoms with van der Waals surface area (Å²) in [7, 11) is 0. The molecule has 0 radical (unpaired) electrons. The summed E-state index contributed by atoms with van der Waals surface area (Å²) in [6.07, 6.45) is 5.24. The van der Waals surface area contributed by atoms with Crippen LogP contribution in [0.3, 0.4) is 0 Å². The van der Waals surface area contributed by atoms with E-state index in [2.05, 4.69) is 13.2 Å². The topological polar surface area (TPSA) is 29.5 Å². The Morgan fingerprint density at radius 1 is 1.26 bits per heavy atom. The van der Waals surface area contributed by atoms with E-state index in [9.17, 15) is 5.11 Å². The summed E-state index contributed by atoms with van der Waals surface area (Å²) in [5.41, 5.74) is 0.240. The first-order chi connectivity index (χ1) is 9.12. The van der Waals surface area contributed by atoms with E-state index in [1.54, 1.807) is 6.08 Å². The monoisotopic (exact) mass is 260 g/mol.